The lowest BCUT2D eigenvalue weighted by molar-refractivity contribution is 0.0950. The van der Waals surface area contributed by atoms with Gasteiger partial charge in [0.05, 0.1) is 12.2 Å². The van der Waals surface area contributed by atoms with E-state index in [9.17, 15) is 9.18 Å². The van der Waals surface area contributed by atoms with E-state index in [0.29, 0.717) is 36.2 Å². The van der Waals surface area contributed by atoms with Gasteiger partial charge in [-0.15, -0.1) is 0 Å². The monoisotopic (exact) mass is 280 g/mol. The first-order valence-electron chi connectivity index (χ1n) is 6.36. The minimum absolute atomic E-state index is 0.0857. The lowest BCUT2D eigenvalue weighted by Gasteiger charge is -2.14. The number of carbonyl (C=O) groups excluding carboxylic acids is 1. The molecule has 0 aliphatic rings. The van der Waals surface area contributed by atoms with Crippen molar-refractivity contribution in [3.63, 3.8) is 0 Å². The van der Waals surface area contributed by atoms with E-state index in [0.717, 1.165) is 0 Å². The zero-order valence-electron chi connectivity index (χ0n) is 11.2. The van der Waals surface area contributed by atoms with Gasteiger partial charge in [-0.05, 0) is 19.2 Å². The molecule has 0 aliphatic carbocycles. The largest absolute Gasteiger partial charge is 0.463 e. The van der Waals surface area contributed by atoms with E-state index < -0.39 is 5.82 Å². The maximum atomic E-state index is 13.0. The van der Waals surface area contributed by atoms with E-state index in [2.05, 4.69) is 5.32 Å². The predicted molar refractivity (Wildman–Crippen MR) is 73.1 cm³/mol. The Hall–Kier alpha value is -1.92. The first-order chi connectivity index (χ1) is 9.61. The second-order valence-electron chi connectivity index (χ2n) is 4.57. The molecule has 1 heterocycles. The Kier molecular flexibility index (Phi) is 4.70. The minimum Gasteiger partial charge on any atom is -0.463 e. The number of aliphatic hydroxyl groups is 1. The van der Waals surface area contributed by atoms with Gasteiger partial charge in [0.15, 0.2) is 0 Å². The Morgan fingerprint density at radius 2 is 2.25 bits per heavy atom. The molecule has 0 aliphatic heterocycles. The highest BCUT2D eigenvalue weighted by molar-refractivity contribution is 6.05. The molecule has 1 amide bonds. The molecule has 0 unspecified atom stereocenters. The van der Waals surface area contributed by atoms with Gasteiger partial charge >= 0.3 is 0 Å². The fraction of sp³-hybridized carbons (Fsp3) is 0.357. The predicted octanol–water partition coefficient (Wildman–Crippen LogP) is 1.23. The summed E-state index contributed by atoms with van der Waals surface area (Å²) < 4.78 is 18.2. The van der Waals surface area contributed by atoms with Crippen LogP contribution in [0.3, 0.4) is 0 Å². The number of benzene rings is 1. The summed E-state index contributed by atoms with van der Waals surface area (Å²) in [6, 6.07) is 4.08. The summed E-state index contributed by atoms with van der Waals surface area (Å²) in [4.78, 5) is 13.9. The summed E-state index contributed by atoms with van der Waals surface area (Å²) in [6.07, 6.45) is 1.33. The average Bonchev–Trinajstić information content (AvgIpc) is 2.81. The van der Waals surface area contributed by atoms with Crippen LogP contribution >= 0.6 is 0 Å². The fourth-order valence-corrected chi connectivity index (χ4v) is 1.92. The number of aliphatic hydroxyl groups excluding tert-OH is 1. The maximum Gasteiger partial charge on any atom is 0.255 e. The van der Waals surface area contributed by atoms with Crippen molar-refractivity contribution < 1.29 is 18.7 Å². The first kappa shape index (κ1) is 14.5. The summed E-state index contributed by atoms with van der Waals surface area (Å²) in [7, 11) is 1.86. The van der Waals surface area contributed by atoms with Gasteiger partial charge in [0.1, 0.15) is 17.7 Å². The number of rotatable bonds is 6. The smallest absolute Gasteiger partial charge is 0.255 e. The van der Waals surface area contributed by atoms with Gasteiger partial charge in [-0.1, -0.05) is 0 Å². The molecule has 0 fully saturated rings. The molecule has 0 atom stereocenters. The summed E-state index contributed by atoms with van der Waals surface area (Å²) in [5.74, 6) is -0.655. The van der Waals surface area contributed by atoms with Crippen molar-refractivity contribution in [2.24, 2.45) is 0 Å². The topological polar surface area (TPSA) is 65.7 Å². The number of furan rings is 1. The Bertz CT molecular complexity index is 597. The van der Waals surface area contributed by atoms with Crippen molar-refractivity contribution in [3.05, 3.63) is 35.8 Å². The normalized spacial score (nSPS) is 11.2. The molecule has 1 aromatic heterocycles. The van der Waals surface area contributed by atoms with Crippen LogP contribution in [0.5, 0.6) is 0 Å². The van der Waals surface area contributed by atoms with E-state index >= 15 is 0 Å². The Balaban J connectivity index is 1.98. The highest BCUT2D eigenvalue weighted by Crippen LogP contribution is 2.21. The van der Waals surface area contributed by atoms with Crippen molar-refractivity contribution in [1.29, 1.82) is 0 Å². The molecule has 108 valence electrons. The molecule has 2 aromatic rings. The number of likely N-dealkylation sites (N-methyl/N-ethyl adjacent to an activating group) is 1. The van der Waals surface area contributed by atoms with E-state index in [1.165, 1.54) is 24.5 Å². The second-order valence-corrected chi connectivity index (χ2v) is 4.57. The Labute approximate surface area is 116 Å². The molecule has 0 saturated heterocycles. The van der Waals surface area contributed by atoms with Gasteiger partial charge < -0.3 is 19.7 Å². The van der Waals surface area contributed by atoms with E-state index in [-0.39, 0.29) is 12.5 Å². The fourth-order valence-electron chi connectivity index (χ4n) is 1.92. The molecular formula is C14H17FN2O3. The minimum atomic E-state index is -0.399. The molecule has 1 aromatic carbocycles. The molecule has 0 radical (unpaired) electrons. The lowest BCUT2D eigenvalue weighted by atomic mass is 10.1. The molecule has 0 bridgehead atoms. The standard InChI is InChI=1S/C14H17FN2O3/c1-17(6-7-18)5-4-16-14(19)12-9-20-13-8-10(15)2-3-11(12)13/h2-3,8-9,18H,4-7H2,1H3,(H,16,19). The Morgan fingerprint density at radius 1 is 1.45 bits per heavy atom. The van der Waals surface area contributed by atoms with Crippen molar-refractivity contribution in [1.82, 2.24) is 10.2 Å². The average molecular weight is 280 g/mol. The van der Waals surface area contributed by atoms with Crippen LogP contribution in [0.1, 0.15) is 10.4 Å². The number of fused-ring (bicyclic) bond motifs is 1. The van der Waals surface area contributed by atoms with Crippen molar-refractivity contribution in [2.45, 2.75) is 0 Å². The Morgan fingerprint density at radius 3 is 3.00 bits per heavy atom. The van der Waals surface area contributed by atoms with Gasteiger partial charge in [0, 0.05) is 31.1 Å². The first-order valence-corrected chi connectivity index (χ1v) is 6.36. The van der Waals surface area contributed by atoms with Crippen LogP contribution in [0.4, 0.5) is 4.39 Å². The summed E-state index contributed by atoms with van der Waals surface area (Å²) >= 11 is 0. The van der Waals surface area contributed by atoms with Crippen LogP contribution in [0.25, 0.3) is 11.0 Å². The number of hydrogen-bond donors (Lipinski definition) is 2. The molecule has 20 heavy (non-hydrogen) atoms. The van der Waals surface area contributed by atoms with Crippen molar-refractivity contribution >= 4 is 16.9 Å². The van der Waals surface area contributed by atoms with E-state index in [4.69, 9.17) is 9.52 Å². The SMILES string of the molecule is CN(CCO)CCNC(=O)c1coc2cc(F)ccc12. The van der Waals surface area contributed by atoms with Gasteiger partial charge in [-0.2, -0.15) is 0 Å². The molecule has 6 heteroatoms. The highest BCUT2D eigenvalue weighted by atomic mass is 19.1. The summed E-state index contributed by atoms with van der Waals surface area (Å²) in [5.41, 5.74) is 0.748. The van der Waals surface area contributed by atoms with Crippen LogP contribution in [-0.2, 0) is 0 Å². The molecule has 5 nitrogen and oxygen atoms in total. The van der Waals surface area contributed by atoms with Gasteiger partial charge in [0.2, 0.25) is 0 Å². The summed E-state index contributed by atoms with van der Waals surface area (Å²) in [6.45, 7) is 1.74. The number of nitrogens with one attached hydrogen (secondary N) is 1. The van der Waals surface area contributed by atoms with Crippen LogP contribution in [-0.4, -0.2) is 49.2 Å². The quantitative estimate of drug-likeness (QED) is 0.835. The number of hydrogen-bond acceptors (Lipinski definition) is 4. The molecule has 2 rings (SSSR count). The molecule has 2 N–H and O–H groups in total. The zero-order valence-corrected chi connectivity index (χ0v) is 11.2. The number of nitrogens with zero attached hydrogens (tertiary/aromatic N) is 1. The van der Waals surface area contributed by atoms with Gasteiger partial charge in [0.25, 0.3) is 5.91 Å². The van der Waals surface area contributed by atoms with Gasteiger partial charge in [-0.3, -0.25) is 4.79 Å². The third kappa shape index (κ3) is 3.34. The number of carbonyl (C=O) groups is 1. The number of amides is 1. The lowest BCUT2D eigenvalue weighted by Crippen LogP contribution is -2.34. The molecular weight excluding hydrogens is 263 g/mol. The van der Waals surface area contributed by atoms with Crippen LogP contribution in [0.15, 0.2) is 28.9 Å². The van der Waals surface area contributed by atoms with E-state index in [1.807, 2.05) is 11.9 Å². The maximum absolute atomic E-state index is 13.0. The second kappa shape index (κ2) is 6.49. The molecule has 0 saturated carbocycles. The van der Waals surface area contributed by atoms with Crippen LogP contribution in [0.2, 0.25) is 0 Å². The molecule has 0 spiro atoms. The summed E-state index contributed by atoms with van der Waals surface area (Å²) in [5, 5.41) is 12.1. The number of halogens is 1. The van der Waals surface area contributed by atoms with Crippen LogP contribution in [0, 0.1) is 5.82 Å². The third-order valence-corrected chi connectivity index (χ3v) is 3.04. The van der Waals surface area contributed by atoms with Crippen molar-refractivity contribution in [3.8, 4) is 0 Å². The van der Waals surface area contributed by atoms with Crippen molar-refractivity contribution in [2.75, 3.05) is 33.3 Å². The highest BCUT2D eigenvalue weighted by Gasteiger charge is 2.13. The van der Waals surface area contributed by atoms with Gasteiger partial charge in [-0.25, -0.2) is 4.39 Å². The zero-order chi connectivity index (χ0) is 14.5. The van der Waals surface area contributed by atoms with E-state index in [1.54, 1.807) is 0 Å². The van der Waals surface area contributed by atoms with Crippen LogP contribution < -0.4 is 5.32 Å². The third-order valence-electron chi connectivity index (χ3n) is 3.04.